The topological polar surface area (TPSA) is 87.7 Å². The Morgan fingerprint density at radius 1 is 0.800 bits per heavy atom. The second-order valence-electron chi connectivity index (χ2n) is 13.5. The number of hydrogen-bond acceptors (Lipinski definition) is 4. The fraction of sp³-hybridized carbons (Fsp3) is 0.447. The average Bonchev–Trinajstić information content (AvgIpc) is 2.96. The van der Waals surface area contributed by atoms with E-state index >= 15 is 0 Å². The Morgan fingerprint density at radius 2 is 1.42 bits per heavy atom. The van der Waals surface area contributed by atoms with Crippen molar-refractivity contribution in [1.29, 1.82) is 0 Å². The average molecular weight is 614 g/mol. The van der Waals surface area contributed by atoms with E-state index in [1.165, 1.54) is 0 Å². The van der Waals surface area contributed by atoms with Gasteiger partial charge in [0.25, 0.3) is 5.91 Å². The maximum absolute atomic E-state index is 14.9. The van der Waals surface area contributed by atoms with E-state index in [9.17, 15) is 14.4 Å². The number of anilines is 1. The van der Waals surface area contributed by atoms with E-state index in [0.717, 1.165) is 34.2 Å². The number of hydrogen-bond donors (Lipinski definition) is 2. The maximum atomic E-state index is 14.9. The Balaban J connectivity index is 2.18. The molecule has 2 N–H and O–H groups in total. The number of nitrogens with zero attached hydrogens (tertiary/aromatic N) is 1. The predicted molar refractivity (Wildman–Crippen MR) is 182 cm³/mol. The largest absolute Gasteiger partial charge is 0.444 e. The molecule has 3 atom stereocenters. The number of para-hydroxylation sites is 1. The van der Waals surface area contributed by atoms with Crippen LogP contribution in [0.3, 0.4) is 0 Å². The molecule has 7 nitrogen and oxygen atoms in total. The van der Waals surface area contributed by atoms with Crippen LogP contribution >= 0.6 is 0 Å². The lowest BCUT2D eigenvalue weighted by Crippen LogP contribution is -2.55. The molecule has 0 bridgehead atoms. The summed E-state index contributed by atoms with van der Waals surface area (Å²) in [6, 6.07) is 20.8. The SMILES string of the molecule is Cc1ccccc1NC(=O)C(c1cccc(C)c1C)N(C(=O)C(Cc1ccccc1)NC(=O)OC(C)(C)C)C(C)CCC(C)C. The van der Waals surface area contributed by atoms with Crippen molar-refractivity contribution in [3.05, 3.63) is 101 Å². The lowest BCUT2D eigenvalue weighted by atomic mass is 9.92. The van der Waals surface area contributed by atoms with Crippen LogP contribution in [0.15, 0.2) is 72.8 Å². The van der Waals surface area contributed by atoms with Gasteiger partial charge in [-0.25, -0.2) is 4.79 Å². The quantitative estimate of drug-likeness (QED) is 0.216. The maximum Gasteiger partial charge on any atom is 0.408 e. The van der Waals surface area contributed by atoms with Gasteiger partial charge in [-0.05, 0) is 101 Å². The molecule has 0 spiro atoms. The van der Waals surface area contributed by atoms with Gasteiger partial charge >= 0.3 is 6.09 Å². The predicted octanol–water partition coefficient (Wildman–Crippen LogP) is 8.08. The molecule has 7 heteroatoms. The second kappa shape index (κ2) is 15.7. The Morgan fingerprint density at radius 3 is 2.04 bits per heavy atom. The van der Waals surface area contributed by atoms with Gasteiger partial charge < -0.3 is 20.3 Å². The van der Waals surface area contributed by atoms with Crippen molar-refractivity contribution in [3.63, 3.8) is 0 Å². The smallest absolute Gasteiger partial charge is 0.408 e. The molecule has 242 valence electrons. The Kier molecular flexibility index (Phi) is 12.4. The van der Waals surface area contributed by atoms with Crippen molar-refractivity contribution in [2.75, 3.05) is 5.32 Å². The minimum atomic E-state index is -0.970. The third kappa shape index (κ3) is 10.2. The summed E-state index contributed by atoms with van der Waals surface area (Å²) in [5.74, 6) is -0.241. The van der Waals surface area contributed by atoms with Gasteiger partial charge in [-0.15, -0.1) is 0 Å². The Bertz CT molecular complexity index is 1440. The van der Waals surface area contributed by atoms with Gasteiger partial charge in [0.05, 0.1) is 0 Å². The minimum Gasteiger partial charge on any atom is -0.444 e. The molecule has 0 aliphatic carbocycles. The van der Waals surface area contributed by atoms with Crippen molar-refractivity contribution in [2.45, 2.75) is 105 Å². The molecule has 3 unspecified atom stereocenters. The summed E-state index contributed by atoms with van der Waals surface area (Å²) >= 11 is 0. The summed E-state index contributed by atoms with van der Waals surface area (Å²) in [4.78, 5) is 44.3. The van der Waals surface area contributed by atoms with Crippen LogP contribution in [-0.2, 0) is 20.7 Å². The summed E-state index contributed by atoms with van der Waals surface area (Å²) in [5.41, 5.74) is 4.46. The molecule has 0 saturated carbocycles. The van der Waals surface area contributed by atoms with Gasteiger partial charge in [0, 0.05) is 18.2 Å². The first kappa shape index (κ1) is 35.4. The lowest BCUT2D eigenvalue weighted by Gasteiger charge is -2.39. The molecule has 0 radical (unpaired) electrons. The second-order valence-corrected chi connectivity index (χ2v) is 13.5. The zero-order valence-corrected chi connectivity index (χ0v) is 28.4. The van der Waals surface area contributed by atoms with Crippen LogP contribution in [0, 0.1) is 26.7 Å². The number of amides is 3. The van der Waals surface area contributed by atoms with Gasteiger partial charge in [0.2, 0.25) is 5.91 Å². The molecule has 3 rings (SSSR count). The van der Waals surface area contributed by atoms with Crippen molar-refractivity contribution in [1.82, 2.24) is 10.2 Å². The van der Waals surface area contributed by atoms with Crippen molar-refractivity contribution in [2.24, 2.45) is 5.92 Å². The van der Waals surface area contributed by atoms with E-state index < -0.39 is 23.8 Å². The zero-order valence-electron chi connectivity index (χ0n) is 28.4. The van der Waals surface area contributed by atoms with Gasteiger partial charge in [-0.2, -0.15) is 0 Å². The van der Waals surface area contributed by atoms with E-state index in [-0.39, 0.29) is 24.3 Å². The fourth-order valence-electron chi connectivity index (χ4n) is 5.39. The van der Waals surface area contributed by atoms with E-state index in [1.807, 2.05) is 100 Å². The molecular formula is C38H51N3O4. The van der Waals surface area contributed by atoms with Gasteiger partial charge in [0.1, 0.15) is 17.7 Å². The van der Waals surface area contributed by atoms with Crippen molar-refractivity contribution >= 4 is 23.6 Å². The highest BCUT2D eigenvalue weighted by Crippen LogP contribution is 2.32. The summed E-state index contributed by atoms with van der Waals surface area (Å²) in [6.45, 7) is 17.6. The number of benzene rings is 3. The number of nitrogens with one attached hydrogen (secondary N) is 2. The normalized spacial score (nSPS) is 13.5. The van der Waals surface area contributed by atoms with Gasteiger partial charge in [-0.3, -0.25) is 9.59 Å². The number of carbonyl (C=O) groups excluding carboxylic acids is 3. The van der Waals surface area contributed by atoms with E-state index in [1.54, 1.807) is 25.7 Å². The third-order valence-electron chi connectivity index (χ3n) is 8.03. The van der Waals surface area contributed by atoms with E-state index in [4.69, 9.17) is 4.74 Å². The molecule has 3 amide bonds. The van der Waals surface area contributed by atoms with Crippen molar-refractivity contribution in [3.8, 4) is 0 Å². The molecular weight excluding hydrogens is 562 g/mol. The minimum absolute atomic E-state index is 0.241. The molecule has 0 aliphatic heterocycles. The van der Waals surface area contributed by atoms with Crippen LogP contribution in [0.5, 0.6) is 0 Å². The first-order chi connectivity index (χ1) is 21.2. The first-order valence-corrected chi connectivity index (χ1v) is 16.0. The number of aryl methyl sites for hydroxylation is 2. The molecule has 3 aromatic rings. The number of rotatable bonds is 12. The fourth-order valence-corrected chi connectivity index (χ4v) is 5.39. The standard InChI is InChI=1S/C38H51N3O4/c1-25(2)22-23-28(5)41(36(43)33(24-30-18-11-10-12-19-30)40-37(44)45-38(7,8)9)34(31-20-15-17-26(3)29(31)6)35(42)39-32-21-14-13-16-27(32)4/h10-21,25,28,33-34H,22-24H2,1-9H3,(H,39,42)(H,40,44). The van der Waals surface area contributed by atoms with E-state index in [0.29, 0.717) is 18.0 Å². The van der Waals surface area contributed by atoms with Crippen LogP contribution in [0.25, 0.3) is 0 Å². The van der Waals surface area contributed by atoms with Crippen LogP contribution in [-0.4, -0.2) is 40.5 Å². The summed E-state index contributed by atoms with van der Waals surface area (Å²) in [6.07, 6.45) is 1.12. The molecule has 0 aliphatic rings. The first-order valence-electron chi connectivity index (χ1n) is 16.0. The number of ether oxygens (including phenoxy) is 1. The molecule has 45 heavy (non-hydrogen) atoms. The number of alkyl carbamates (subject to hydrolysis) is 1. The summed E-state index contributed by atoms with van der Waals surface area (Å²) < 4.78 is 5.59. The van der Waals surface area contributed by atoms with E-state index in [2.05, 4.69) is 24.5 Å². The summed E-state index contributed by atoms with van der Waals surface area (Å²) in [7, 11) is 0. The summed E-state index contributed by atoms with van der Waals surface area (Å²) in [5, 5.41) is 5.99. The molecule has 0 saturated heterocycles. The molecule has 0 heterocycles. The Hall–Kier alpha value is -4.13. The van der Waals surface area contributed by atoms with Crippen LogP contribution in [0.4, 0.5) is 10.5 Å². The lowest BCUT2D eigenvalue weighted by molar-refractivity contribution is -0.143. The molecule has 3 aromatic carbocycles. The molecule has 0 fully saturated rings. The van der Waals surface area contributed by atoms with Crippen LogP contribution < -0.4 is 10.6 Å². The Labute approximate surface area is 269 Å². The monoisotopic (exact) mass is 613 g/mol. The van der Waals surface area contributed by atoms with Crippen LogP contribution in [0.1, 0.15) is 88.2 Å². The molecule has 0 aromatic heterocycles. The third-order valence-corrected chi connectivity index (χ3v) is 8.03. The van der Waals surface area contributed by atoms with Gasteiger partial charge in [0.15, 0.2) is 0 Å². The van der Waals surface area contributed by atoms with Crippen LogP contribution in [0.2, 0.25) is 0 Å². The number of carbonyl (C=O) groups is 3. The highest BCUT2D eigenvalue weighted by molar-refractivity contribution is 5.99. The van der Waals surface area contributed by atoms with Gasteiger partial charge in [-0.1, -0.05) is 80.6 Å². The highest BCUT2D eigenvalue weighted by Gasteiger charge is 2.40. The zero-order chi connectivity index (χ0) is 33.3. The van der Waals surface area contributed by atoms with Crippen molar-refractivity contribution < 1.29 is 19.1 Å². The highest BCUT2D eigenvalue weighted by atomic mass is 16.6.